The van der Waals surface area contributed by atoms with Crippen LogP contribution in [0.3, 0.4) is 0 Å². The summed E-state index contributed by atoms with van der Waals surface area (Å²) in [5.41, 5.74) is -2.08. The van der Waals surface area contributed by atoms with E-state index in [1.54, 1.807) is 26.8 Å². The molecule has 1 aliphatic rings. The maximum atomic E-state index is 14.4. The van der Waals surface area contributed by atoms with Gasteiger partial charge in [0.2, 0.25) is 5.95 Å². The second kappa shape index (κ2) is 13.6. The first-order valence-corrected chi connectivity index (χ1v) is 15.6. The number of hydrogen-bond acceptors (Lipinski definition) is 9. The Bertz CT molecular complexity index is 1660. The van der Waals surface area contributed by atoms with E-state index in [4.69, 9.17) is 14.2 Å². The number of sulfonamides is 1. The van der Waals surface area contributed by atoms with E-state index in [1.807, 2.05) is 0 Å². The van der Waals surface area contributed by atoms with Crippen molar-refractivity contribution in [3.05, 3.63) is 65.7 Å². The lowest BCUT2D eigenvalue weighted by Crippen LogP contribution is -2.44. The number of carbonyl (C=O) groups is 1. The van der Waals surface area contributed by atoms with Gasteiger partial charge in [-0.1, -0.05) is 6.07 Å². The largest absolute Gasteiger partial charge is 0.497 e. The topological polar surface area (TPSA) is 123 Å². The number of halogens is 4. The average molecular weight is 670 g/mol. The highest BCUT2D eigenvalue weighted by atomic mass is 32.2. The number of piperidine rings is 1. The Morgan fingerprint density at radius 3 is 2.35 bits per heavy atom. The van der Waals surface area contributed by atoms with Gasteiger partial charge < -0.3 is 24.4 Å². The van der Waals surface area contributed by atoms with Crippen LogP contribution in [0.25, 0.3) is 0 Å². The molecule has 16 heteroatoms. The van der Waals surface area contributed by atoms with Crippen LogP contribution in [0.2, 0.25) is 0 Å². The van der Waals surface area contributed by atoms with Crippen LogP contribution in [0.5, 0.6) is 11.5 Å². The summed E-state index contributed by atoms with van der Waals surface area (Å²) < 4.78 is 102. The number of nitrogens with one attached hydrogen (secondary N) is 1. The van der Waals surface area contributed by atoms with Crippen LogP contribution in [0, 0.1) is 5.95 Å². The molecule has 1 aromatic carbocycles. The minimum Gasteiger partial charge on any atom is -0.497 e. The quantitative estimate of drug-likeness (QED) is 0.221. The minimum absolute atomic E-state index is 0.220. The Balaban J connectivity index is 1.65. The Hall–Kier alpha value is -4.34. The van der Waals surface area contributed by atoms with E-state index in [2.05, 4.69) is 15.3 Å². The number of amides is 1. The standard InChI is InChI=1S/C30H35F4N5O6S/c1-29(2,3)45-28(40)38-13-11-20(12-14-38)36-23-17-35-27(16-22(23)30(32,33)34)46(41,42)39(26-8-6-7-25(31)37-26)18-19-9-10-21(43-4)15-24(19)44-5/h6-10,15-17,20,36H,11-14,18H2,1-5H3. The third-order valence-corrected chi connectivity index (χ3v) is 8.66. The molecule has 2 aromatic heterocycles. The zero-order valence-electron chi connectivity index (χ0n) is 25.9. The van der Waals surface area contributed by atoms with E-state index in [0.29, 0.717) is 34.5 Å². The number of pyridine rings is 2. The summed E-state index contributed by atoms with van der Waals surface area (Å²) >= 11 is 0. The number of anilines is 2. The number of benzene rings is 1. The lowest BCUT2D eigenvalue weighted by atomic mass is 10.0. The summed E-state index contributed by atoms with van der Waals surface area (Å²) in [6.07, 6.45) is -4.03. The molecule has 0 aliphatic carbocycles. The number of hydrogen-bond donors (Lipinski definition) is 1. The highest BCUT2D eigenvalue weighted by Gasteiger charge is 2.38. The van der Waals surface area contributed by atoms with Gasteiger partial charge in [-0.05, 0) is 63.9 Å². The zero-order valence-corrected chi connectivity index (χ0v) is 26.7. The molecule has 3 aromatic rings. The maximum Gasteiger partial charge on any atom is 0.418 e. The molecule has 1 saturated heterocycles. The van der Waals surface area contributed by atoms with Crippen molar-refractivity contribution >= 4 is 27.6 Å². The number of rotatable bonds is 9. The number of alkyl halides is 3. The van der Waals surface area contributed by atoms with Crippen molar-refractivity contribution < 1.29 is 45.0 Å². The smallest absolute Gasteiger partial charge is 0.418 e. The summed E-state index contributed by atoms with van der Waals surface area (Å²) in [7, 11) is -2.08. The molecular weight excluding hydrogens is 634 g/mol. The van der Waals surface area contributed by atoms with Crippen LogP contribution in [0.15, 0.2) is 53.7 Å². The molecule has 1 amide bonds. The highest BCUT2D eigenvalue weighted by Crippen LogP contribution is 2.38. The lowest BCUT2D eigenvalue weighted by Gasteiger charge is -2.34. The summed E-state index contributed by atoms with van der Waals surface area (Å²) in [5, 5.41) is 1.89. The van der Waals surface area contributed by atoms with Gasteiger partial charge in [0, 0.05) is 30.8 Å². The fourth-order valence-electron chi connectivity index (χ4n) is 4.76. The van der Waals surface area contributed by atoms with Gasteiger partial charge in [0.1, 0.15) is 22.9 Å². The summed E-state index contributed by atoms with van der Waals surface area (Å²) in [5.74, 6) is -0.751. The van der Waals surface area contributed by atoms with Crippen molar-refractivity contribution in [1.29, 1.82) is 0 Å². The fourth-order valence-corrected chi connectivity index (χ4v) is 6.09. The molecule has 1 fully saturated rings. The molecule has 0 radical (unpaired) electrons. The molecule has 4 rings (SSSR count). The first-order chi connectivity index (χ1) is 21.5. The number of methoxy groups -OCH3 is 2. The molecule has 3 heterocycles. The van der Waals surface area contributed by atoms with Gasteiger partial charge in [-0.2, -0.15) is 26.0 Å². The van der Waals surface area contributed by atoms with Crippen molar-refractivity contribution in [1.82, 2.24) is 14.9 Å². The van der Waals surface area contributed by atoms with Crippen molar-refractivity contribution in [3.8, 4) is 11.5 Å². The Morgan fingerprint density at radius 2 is 1.76 bits per heavy atom. The summed E-state index contributed by atoms with van der Waals surface area (Å²) in [6.45, 7) is 5.22. The van der Waals surface area contributed by atoms with Crippen LogP contribution in [0.1, 0.15) is 44.7 Å². The van der Waals surface area contributed by atoms with Crippen molar-refractivity contribution in [2.24, 2.45) is 0 Å². The summed E-state index contributed by atoms with van der Waals surface area (Å²) in [6, 6.07) is 7.96. The first kappa shape index (κ1) is 34.5. The maximum absolute atomic E-state index is 14.4. The van der Waals surface area contributed by atoms with Crippen molar-refractivity contribution in [3.63, 3.8) is 0 Å². The van der Waals surface area contributed by atoms with Gasteiger partial charge in [0.25, 0.3) is 10.0 Å². The second-order valence-electron chi connectivity index (χ2n) is 11.5. The third-order valence-electron chi connectivity index (χ3n) is 7.01. The zero-order chi connectivity index (χ0) is 33.9. The number of carbonyl (C=O) groups excluding carboxylic acids is 1. The SMILES string of the molecule is COc1ccc(CN(c2cccc(F)n2)S(=O)(=O)c2cc(C(F)(F)F)c(NC3CCN(C(=O)OC(C)(C)C)CC3)cn2)c(OC)c1. The number of ether oxygens (including phenoxy) is 3. The molecule has 0 bridgehead atoms. The molecule has 250 valence electrons. The highest BCUT2D eigenvalue weighted by molar-refractivity contribution is 7.92. The minimum atomic E-state index is -4.96. The lowest BCUT2D eigenvalue weighted by molar-refractivity contribution is -0.137. The fraction of sp³-hybridized carbons (Fsp3) is 0.433. The molecule has 46 heavy (non-hydrogen) atoms. The van der Waals surface area contributed by atoms with Crippen LogP contribution in [-0.4, -0.2) is 68.3 Å². The molecule has 0 unspecified atom stereocenters. The number of likely N-dealkylation sites (tertiary alicyclic amines) is 1. The van der Waals surface area contributed by atoms with E-state index >= 15 is 0 Å². The van der Waals surface area contributed by atoms with E-state index < -0.39 is 62.7 Å². The van der Waals surface area contributed by atoms with E-state index in [-0.39, 0.29) is 24.7 Å². The van der Waals surface area contributed by atoms with Crippen molar-refractivity contribution in [2.45, 2.75) is 63.0 Å². The normalized spacial score (nSPS) is 14.5. The summed E-state index contributed by atoms with van der Waals surface area (Å²) in [4.78, 5) is 21.4. The van der Waals surface area contributed by atoms with Gasteiger partial charge >= 0.3 is 12.3 Å². The van der Waals surface area contributed by atoms with Gasteiger partial charge in [-0.15, -0.1) is 0 Å². The molecular formula is C30H35F4N5O6S. The van der Waals surface area contributed by atoms with Gasteiger partial charge in [0.15, 0.2) is 5.03 Å². The van der Waals surface area contributed by atoms with Gasteiger partial charge in [-0.3, -0.25) is 0 Å². The third kappa shape index (κ3) is 8.27. The molecule has 0 atom stereocenters. The average Bonchev–Trinajstić information content (AvgIpc) is 2.98. The van der Waals surface area contributed by atoms with Crippen LogP contribution < -0.4 is 19.1 Å². The molecule has 0 saturated carbocycles. The predicted octanol–water partition coefficient (Wildman–Crippen LogP) is 5.86. The van der Waals surface area contributed by atoms with E-state index in [0.717, 1.165) is 12.3 Å². The molecule has 1 aliphatic heterocycles. The van der Waals surface area contributed by atoms with Crippen LogP contribution in [0.4, 0.5) is 33.9 Å². The Labute approximate surface area is 264 Å². The number of nitrogens with zero attached hydrogens (tertiary/aromatic N) is 4. The molecule has 0 spiro atoms. The molecule has 1 N–H and O–H groups in total. The Morgan fingerprint density at radius 1 is 1.07 bits per heavy atom. The van der Waals surface area contributed by atoms with Crippen LogP contribution in [-0.2, 0) is 27.5 Å². The number of aromatic nitrogens is 2. The predicted molar refractivity (Wildman–Crippen MR) is 161 cm³/mol. The first-order valence-electron chi connectivity index (χ1n) is 14.2. The van der Waals surface area contributed by atoms with E-state index in [9.17, 15) is 30.8 Å². The van der Waals surface area contributed by atoms with E-state index in [1.165, 1.54) is 43.4 Å². The Kier molecular flexibility index (Phi) is 10.2. The molecule has 11 nitrogen and oxygen atoms in total. The monoisotopic (exact) mass is 669 g/mol. The second-order valence-corrected chi connectivity index (χ2v) is 13.3. The van der Waals surface area contributed by atoms with Crippen LogP contribution >= 0.6 is 0 Å². The van der Waals surface area contributed by atoms with Gasteiger partial charge in [0.05, 0.1) is 38.2 Å². The van der Waals surface area contributed by atoms with Crippen molar-refractivity contribution in [2.75, 3.05) is 36.9 Å². The van der Waals surface area contributed by atoms with Gasteiger partial charge in [-0.25, -0.2) is 19.1 Å².